The Morgan fingerprint density at radius 2 is 1.80 bits per heavy atom. The van der Waals surface area contributed by atoms with E-state index < -0.39 is 0 Å². The molecule has 1 amide bonds. The molecule has 1 aliphatic rings. The fourth-order valence-electron chi connectivity index (χ4n) is 2.92. The highest BCUT2D eigenvalue weighted by Crippen LogP contribution is 2.26. The zero-order valence-corrected chi connectivity index (χ0v) is 12.6. The summed E-state index contributed by atoms with van der Waals surface area (Å²) in [4.78, 5) is 12.5. The van der Waals surface area contributed by atoms with Crippen LogP contribution < -0.4 is 10.6 Å². The third kappa shape index (κ3) is 3.83. The molecule has 1 aromatic carbocycles. The van der Waals surface area contributed by atoms with Crippen LogP contribution in [0.2, 0.25) is 0 Å². The molecule has 0 aliphatic heterocycles. The van der Waals surface area contributed by atoms with Gasteiger partial charge >= 0.3 is 0 Å². The lowest BCUT2D eigenvalue weighted by atomic mass is 9.98. The maximum atomic E-state index is 12.5. The average molecular weight is 274 g/mol. The largest absolute Gasteiger partial charge is 0.326 e. The maximum absolute atomic E-state index is 12.5. The number of rotatable bonds is 4. The monoisotopic (exact) mass is 274 g/mol. The van der Waals surface area contributed by atoms with Crippen LogP contribution in [0.3, 0.4) is 0 Å². The van der Waals surface area contributed by atoms with Gasteiger partial charge in [0.2, 0.25) is 5.91 Å². The smallest absolute Gasteiger partial charge is 0.227 e. The molecule has 1 aliphatic carbocycles. The number of nitrogens with one attached hydrogen (secondary N) is 2. The fourth-order valence-corrected chi connectivity index (χ4v) is 2.92. The highest BCUT2D eigenvalue weighted by Gasteiger charge is 2.21. The number of anilines is 1. The summed E-state index contributed by atoms with van der Waals surface area (Å²) in [5.74, 6) is 0.387. The minimum atomic E-state index is 0.190. The van der Waals surface area contributed by atoms with E-state index in [1.807, 2.05) is 25.2 Å². The molecule has 1 unspecified atom stereocenters. The second-order valence-corrected chi connectivity index (χ2v) is 5.78. The number of hydrogen-bond acceptors (Lipinski definition) is 2. The van der Waals surface area contributed by atoms with Crippen molar-refractivity contribution in [2.45, 2.75) is 51.5 Å². The van der Waals surface area contributed by atoms with Crippen LogP contribution in [-0.4, -0.2) is 13.0 Å². The van der Waals surface area contributed by atoms with Gasteiger partial charge in [0.15, 0.2) is 0 Å². The van der Waals surface area contributed by atoms with Crippen molar-refractivity contribution in [2.24, 2.45) is 5.92 Å². The summed E-state index contributed by atoms with van der Waals surface area (Å²) < 4.78 is 0. The van der Waals surface area contributed by atoms with Crippen LogP contribution in [0.4, 0.5) is 5.69 Å². The summed E-state index contributed by atoms with van der Waals surface area (Å²) in [6, 6.07) is 8.31. The zero-order chi connectivity index (χ0) is 14.4. The van der Waals surface area contributed by atoms with Crippen LogP contribution >= 0.6 is 0 Å². The number of amides is 1. The molecule has 1 fully saturated rings. The van der Waals surface area contributed by atoms with Gasteiger partial charge in [-0.25, -0.2) is 0 Å². The Hall–Kier alpha value is -1.35. The quantitative estimate of drug-likeness (QED) is 0.818. The third-order valence-corrected chi connectivity index (χ3v) is 4.34. The van der Waals surface area contributed by atoms with E-state index >= 15 is 0 Å². The first-order valence-electron chi connectivity index (χ1n) is 7.79. The highest BCUT2D eigenvalue weighted by atomic mass is 16.1. The molecular weight excluding hydrogens is 248 g/mol. The van der Waals surface area contributed by atoms with Crippen molar-refractivity contribution in [1.82, 2.24) is 5.32 Å². The van der Waals surface area contributed by atoms with Crippen LogP contribution in [0, 0.1) is 5.92 Å². The first-order chi connectivity index (χ1) is 9.72. The predicted octanol–water partition coefficient (Wildman–Crippen LogP) is 3.88. The van der Waals surface area contributed by atoms with Crippen molar-refractivity contribution in [3.63, 3.8) is 0 Å². The molecule has 0 aromatic heterocycles. The van der Waals surface area contributed by atoms with Gasteiger partial charge in [-0.2, -0.15) is 0 Å². The van der Waals surface area contributed by atoms with Crippen LogP contribution in [-0.2, 0) is 4.79 Å². The van der Waals surface area contributed by atoms with Gasteiger partial charge in [-0.05, 0) is 38.4 Å². The Morgan fingerprint density at radius 1 is 1.15 bits per heavy atom. The molecule has 1 atom stereocenters. The topological polar surface area (TPSA) is 41.1 Å². The standard InChI is InChI=1S/C17H26N2O/c1-13(18-2)15-11-7-8-12-16(15)19-17(20)14-9-5-3-4-6-10-14/h7-8,11-14,18H,3-6,9-10H2,1-2H3,(H,19,20). The van der Waals surface area contributed by atoms with Crippen molar-refractivity contribution >= 4 is 11.6 Å². The average Bonchev–Trinajstić information content (AvgIpc) is 2.76. The van der Waals surface area contributed by atoms with Crippen molar-refractivity contribution in [1.29, 1.82) is 0 Å². The zero-order valence-electron chi connectivity index (χ0n) is 12.6. The molecule has 0 bridgehead atoms. The first kappa shape index (κ1) is 15.0. The molecule has 3 nitrogen and oxygen atoms in total. The fraction of sp³-hybridized carbons (Fsp3) is 0.588. The lowest BCUT2D eigenvalue weighted by molar-refractivity contribution is -0.120. The van der Waals surface area contributed by atoms with Crippen LogP contribution in [0.15, 0.2) is 24.3 Å². The SMILES string of the molecule is CNC(C)c1ccccc1NC(=O)C1CCCCCC1. The molecule has 0 saturated heterocycles. The molecule has 1 aromatic rings. The molecule has 0 heterocycles. The van der Waals surface area contributed by atoms with E-state index in [2.05, 4.69) is 23.6 Å². The molecule has 1 saturated carbocycles. The van der Waals surface area contributed by atoms with Crippen LogP contribution in [0.25, 0.3) is 0 Å². The van der Waals surface area contributed by atoms with E-state index in [1.54, 1.807) is 0 Å². The lowest BCUT2D eigenvalue weighted by Gasteiger charge is -2.19. The molecule has 110 valence electrons. The van der Waals surface area contributed by atoms with Crippen molar-refractivity contribution in [2.75, 3.05) is 12.4 Å². The number of benzene rings is 1. The maximum Gasteiger partial charge on any atom is 0.227 e. The summed E-state index contributed by atoms with van der Waals surface area (Å²) in [5, 5.41) is 6.38. The van der Waals surface area contributed by atoms with Gasteiger partial charge in [-0.3, -0.25) is 4.79 Å². The molecule has 0 radical (unpaired) electrons. The molecule has 0 spiro atoms. The minimum absolute atomic E-state index is 0.190. The van der Waals surface area contributed by atoms with Gasteiger partial charge in [0.25, 0.3) is 0 Å². The Morgan fingerprint density at radius 3 is 2.45 bits per heavy atom. The van der Waals surface area contributed by atoms with E-state index in [9.17, 15) is 4.79 Å². The molecular formula is C17H26N2O. The van der Waals surface area contributed by atoms with Crippen molar-refractivity contribution in [3.8, 4) is 0 Å². The van der Waals surface area contributed by atoms with Crippen LogP contribution in [0.5, 0.6) is 0 Å². The Kier molecular flexibility index (Phi) is 5.60. The lowest BCUT2D eigenvalue weighted by Crippen LogP contribution is -2.24. The van der Waals surface area contributed by atoms with E-state index in [1.165, 1.54) is 25.7 Å². The van der Waals surface area contributed by atoms with Crippen molar-refractivity contribution < 1.29 is 4.79 Å². The van der Waals surface area contributed by atoms with E-state index in [0.717, 1.165) is 24.1 Å². The highest BCUT2D eigenvalue weighted by molar-refractivity contribution is 5.93. The van der Waals surface area contributed by atoms with Crippen LogP contribution in [0.1, 0.15) is 57.1 Å². The predicted molar refractivity (Wildman–Crippen MR) is 83.7 cm³/mol. The van der Waals surface area contributed by atoms with Gasteiger partial charge in [-0.1, -0.05) is 43.9 Å². The Labute approximate surface area is 122 Å². The third-order valence-electron chi connectivity index (χ3n) is 4.34. The Bertz CT molecular complexity index is 436. The first-order valence-corrected chi connectivity index (χ1v) is 7.79. The summed E-state index contributed by atoms with van der Waals surface area (Å²) in [7, 11) is 1.94. The van der Waals surface area contributed by atoms with Gasteiger partial charge in [0, 0.05) is 17.6 Å². The number of hydrogen-bond donors (Lipinski definition) is 2. The van der Waals surface area contributed by atoms with Gasteiger partial charge in [0.05, 0.1) is 0 Å². The minimum Gasteiger partial charge on any atom is -0.326 e. The number of para-hydroxylation sites is 1. The van der Waals surface area contributed by atoms with Gasteiger partial charge in [-0.15, -0.1) is 0 Å². The van der Waals surface area contributed by atoms with Crippen molar-refractivity contribution in [3.05, 3.63) is 29.8 Å². The van der Waals surface area contributed by atoms with E-state index in [4.69, 9.17) is 0 Å². The Balaban J connectivity index is 2.07. The van der Waals surface area contributed by atoms with E-state index in [0.29, 0.717) is 0 Å². The number of carbonyl (C=O) groups excluding carboxylic acids is 1. The summed E-state index contributed by atoms with van der Waals surface area (Å²) in [5.41, 5.74) is 2.10. The molecule has 3 heteroatoms. The second kappa shape index (κ2) is 7.44. The number of carbonyl (C=O) groups is 1. The van der Waals surface area contributed by atoms with E-state index in [-0.39, 0.29) is 17.9 Å². The molecule has 20 heavy (non-hydrogen) atoms. The van der Waals surface area contributed by atoms with Gasteiger partial charge in [0.1, 0.15) is 0 Å². The summed E-state index contributed by atoms with van der Waals surface area (Å²) in [6.07, 6.45) is 7.00. The molecule has 2 N–H and O–H groups in total. The van der Waals surface area contributed by atoms with Gasteiger partial charge < -0.3 is 10.6 Å². The summed E-state index contributed by atoms with van der Waals surface area (Å²) in [6.45, 7) is 2.11. The summed E-state index contributed by atoms with van der Waals surface area (Å²) >= 11 is 0. The normalized spacial score (nSPS) is 18.3. The second-order valence-electron chi connectivity index (χ2n) is 5.78. The molecule has 2 rings (SSSR count).